The number of halogens is 1. The van der Waals surface area contributed by atoms with Crippen LogP contribution in [0.4, 0.5) is 5.69 Å². The molecule has 0 saturated carbocycles. The third-order valence-corrected chi connectivity index (χ3v) is 6.16. The molecule has 1 amide bonds. The summed E-state index contributed by atoms with van der Waals surface area (Å²) in [5.41, 5.74) is 0.187. The molecule has 0 aliphatic carbocycles. The Morgan fingerprint density at radius 1 is 1.38 bits per heavy atom. The summed E-state index contributed by atoms with van der Waals surface area (Å²) in [6, 6.07) is 7.18. The van der Waals surface area contributed by atoms with E-state index in [0.29, 0.717) is 23.2 Å². The van der Waals surface area contributed by atoms with Crippen LogP contribution in [0, 0.1) is 5.92 Å². The summed E-state index contributed by atoms with van der Waals surface area (Å²) < 4.78 is 8.56. The van der Waals surface area contributed by atoms with Gasteiger partial charge in [-0.15, -0.1) is 0 Å². The number of anilines is 1. The van der Waals surface area contributed by atoms with Crippen LogP contribution < -0.4 is 5.32 Å². The first kappa shape index (κ1) is 20.4. The van der Waals surface area contributed by atoms with Crippen LogP contribution in [0.5, 0.6) is 0 Å². The highest BCUT2D eigenvalue weighted by Gasteiger charge is 2.47. The topological polar surface area (TPSA) is 59.4 Å². The van der Waals surface area contributed by atoms with E-state index in [1.54, 1.807) is 12.1 Å². The number of likely N-dealkylation sites (tertiary alicyclic amines) is 1. The lowest BCUT2D eigenvalue weighted by Crippen LogP contribution is -2.53. The van der Waals surface area contributed by atoms with E-state index < -0.39 is 11.7 Å². The highest BCUT2D eigenvalue weighted by atomic mass is 35.5. The van der Waals surface area contributed by atoms with E-state index in [-0.39, 0.29) is 5.91 Å². The molecule has 156 valence electrons. The van der Waals surface area contributed by atoms with Crippen LogP contribution in [0.15, 0.2) is 36.7 Å². The Labute approximate surface area is 177 Å². The molecule has 1 spiro atoms. The summed E-state index contributed by atoms with van der Waals surface area (Å²) in [5, 5.41) is 3.54. The largest absolute Gasteiger partial charge is 0.352 e. The van der Waals surface area contributed by atoms with Gasteiger partial charge in [-0.1, -0.05) is 31.5 Å². The maximum Gasteiger partial charge on any atom is 0.255 e. The van der Waals surface area contributed by atoms with Crippen molar-refractivity contribution < 1.29 is 9.53 Å². The minimum Gasteiger partial charge on any atom is -0.352 e. The van der Waals surface area contributed by atoms with E-state index in [4.69, 9.17) is 16.3 Å². The maximum absolute atomic E-state index is 13.0. The lowest BCUT2D eigenvalue weighted by molar-refractivity contribution is -0.169. The summed E-state index contributed by atoms with van der Waals surface area (Å²) in [6.07, 6.45) is 6.10. The number of piperidine rings is 1. The number of hydrogen-bond donors (Lipinski definition) is 1. The Kier molecular flexibility index (Phi) is 5.95. The van der Waals surface area contributed by atoms with Gasteiger partial charge in [0.2, 0.25) is 0 Å². The minimum atomic E-state index is -0.558. The van der Waals surface area contributed by atoms with Crippen molar-refractivity contribution in [1.29, 1.82) is 0 Å². The first-order valence-electron chi connectivity index (χ1n) is 10.4. The number of imidazole rings is 1. The Morgan fingerprint density at radius 2 is 2.17 bits per heavy atom. The summed E-state index contributed by atoms with van der Waals surface area (Å²) in [4.78, 5) is 20.0. The van der Waals surface area contributed by atoms with Crippen molar-refractivity contribution in [3.63, 3.8) is 0 Å². The molecule has 1 saturated heterocycles. The molecule has 4 rings (SSSR count). The van der Waals surface area contributed by atoms with Crippen LogP contribution in [-0.2, 0) is 21.7 Å². The Hall–Kier alpha value is -1.89. The van der Waals surface area contributed by atoms with Gasteiger partial charge in [0.15, 0.2) is 6.10 Å². The highest BCUT2D eigenvalue weighted by molar-refractivity contribution is 6.30. The third kappa shape index (κ3) is 4.49. The Bertz CT molecular complexity index is 858. The molecule has 2 aromatic rings. The molecule has 7 heteroatoms. The van der Waals surface area contributed by atoms with E-state index in [1.807, 2.05) is 24.5 Å². The molecule has 3 heterocycles. The number of fused-ring (bicyclic) bond motifs is 2. The molecular weight excluding hydrogens is 388 g/mol. The average Bonchev–Trinajstić information content (AvgIpc) is 3.17. The van der Waals surface area contributed by atoms with Gasteiger partial charge in [0.25, 0.3) is 5.91 Å². The van der Waals surface area contributed by atoms with Crippen LogP contribution in [0.25, 0.3) is 0 Å². The quantitative estimate of drug-likeness (QED) is 0.802. The van der Waals surface area contributed by atoms with Gasteiger partial charge in [0, 0.05) is 36.2 Å². The molecule has 1 N–H and O–H groups in total. The summed E-state index contributed by atoms with van der Waals surface area (Å²) in [6.45, 7) is 8.02. The molecule has 2 aliphatic rings. The molecule has 1 aromatic carbocycles. The molecule has 0 unspecified atom stereocenters. The van der Waals surface area contributed by atoms with Crippen LogP contribution >= 0.6 is 11.6 Å². The zero-order valence-electron chi connectivity index (χ0n) is 17.1. The van der Waals surface area contributed by atoms with E-state index in [2.05, 4.69) is 33.6 Å². The monoisotopic (exact) mass is 416 g/mol. The number of benzene rings is 1. The second-order valence-electron chi connectivity index (χ2n) is 8.53. The van der Waals surface area contributed by atoms with Gasteiger partial charge in [0.05, 0.1) is 6.54 Å². The van der Waals surface area contributed by atoms with E-state index in [9.17, 15) is 4.79 Å². The molecule has 6 nitrogen and oxygen atoms in total. The van der Waals surface area contributed by atoms with Crippen molar-refractivity contribution in [1.82, 2.24) is 14.5 Å². The fraction of sp³-hybridized carbons (Fsp3) is 0.545. The van der Waals surface area contributed by atoms with Crippen molar-refractivity contribution in [2.45, 2.75) is 51.4 Å². The number of hydrogen-bond acceptors (Lipinski definition) is 4. The summed E-state index contributed by atoms with van der Waals surface area (Å²) in [7, 11) is 0. The van der Waals surface area contributed by atoms with Crippen molar-refractivity contribution in [2.75, 3.05) is 25.0 Å². The van der Waals surface area contributed by atoms with Gasteiger partial charge in [-0.25, -0.2) is 4.98 Å². The number of amides is 1. The normalized spacial score (nSPS) is 21.3. The van der Waals surface area contributed by atoms with Gasteiger partial charge in [-0.05, 0) is 49.9 Å². The van der Waals surface area contributed by atoms with Crippen molar-refractivity contribution in [3.8, 4) is 0 Å². The van der Waals surface area contributed by atoms with E-state index >= 15 is 0 Å². The maximum atomic E-state index is 13.0. The van der Waals surface area contributed by atoms with Gasteiger partial charge in [-0.2, -0.15) is 0 Å². The Balaban J connectivity index is 1.47. The predicted octanol–water partition coefficient (Wildman–Crippen LogP) is 3.91. The Morgan fingerprint density at radius 3 is 2.90 bits per heavy atom. The van der Waals surface area contributed by atoms with Gasteiger partial charge in [-0.3, -0.25) is 4.79 Å². The van der Waals surface area contributed by atoms with E-state index in [1.165, 1.54) is 6.42 Å². The molecule has 29 heavy (non-hydrogen) atoms. The van der Waals surface area contributed by atoms with Crippen molar-refractivity contribution >= 4 is 23.2 Å². The first-order valence-corrected chi connectivity index (χ1v) is 10.8. The smallest absolute Gasteiger partial charge is 0.255 e. The van der Waals surface area contributed by atoms with Crippen LogP contribution in [-0.4, -0.2) is 46.1 Å². The highest BCUT2D eigenvalue weighted by Crippen LogP contribution is 2.40. The number of aromatic nitrogens is 2. The first-order chi connectivity index (χ1) is 13.9. The average molecular weight is 417 g/mol. The molecular formula is C22H29ClN4O2. The van der Waals surface area contributed by atoms with Crippen molar-refractivity contribution in [3.05, 3.63) is 47.5 Å². The number of nitrogens with one attached hydrogen (secondary N) is 1. The molecule has 1 atom stereocenters. The molecule has 1 aromatic heterocycles. The lowest BCUT2D eigenvalue weighted by Gasteiger charge is -2.45. The molecule has 0 radical (unpaired) electrons. The number of ether oxygens (including phenoxy) is 1. The zero-order chi connectivity index (χ0) is 20.4. The SMILES string of the molecule is CC(C)CCN1CCC2(CC1)O[C@H](C(=O)Nc1cccc(Cl)c1)Cn1ccnc12. The molecule has 0 bridgehead atoms. The van der Waals surface area contributed by atoms with Gasteiger partial charge >= 0.3 is 0 Å². The van der Waals surface area contributed by atoms with Gasteiger partial charge in [0.1, 0.15) is 11.4 Å². The fourth-order valence-corrected chi connectivity index (χ4v) is 4.43. The number of rotatable bonds is 5. The second-order valence-corrected chi connectivity index (χ2v) is 8.96. The molecule has 2 aliphatic heterocycles. The van der Waals surface area contributed by atoms with E-state index in [0.717, 1.165) is 38.3 Å². The zero-order valence-corrected chi connectivity index (χ0v) is 17.9. The van der Waals surface area contributed by atoms with Gasteiger partial charge < -0.3 is 19.5 Å². The minimum absolute atomic E-state index is 0.145. The van der Waals surface area contributed by atoms with Crippen LogP contribution in [0.2, 0.25) is 5.02 Å². The summed E-state index contributed by atoms with van der Waals surface area (Å²) >= 11 is 6.04. The van der Waals surface area contributed by atoms with Crippen LogP contribution in [0.3, 0.4) is 0 Å². The second kappa shape index (κ2) is 8.46. The van der Waals surface area contributed by atoms with Crippen LogP contribution in [0.1, 0.15) is 38.9 Å². The number of carbonyl (C=O) groups excluding carboxylic acids is 1. The standard InChI is InChI=1S/C22H29ClN4O2/c1-16(2)6-10-26-11-7-22(8-12-26)21-24-9-13-27(21)15-19(29-22)20(28)25-18-5-3-4-17(23)14-18/h3-5,9,13-14,16,19H,6-8,10-12,15H2,1-2H3,(H,25,28)/t19-/m0/s1. The number of carbonyl (C=O) groups is 1. The fourth-order valence-electron chi connectivity index (χ4n) is 4.24. The summed E-state index contributed by atoms with van der Waals surface area (Å²) in [5.74, 6) is 1.51. The van der Waals surface area contributed by atoms with Crippen molar-refractivity contribution in [2.24, 2.45) is 5.92 Å². The third-order valence-electron chi connectivity index (χ3n) is 5.92. The predicted molar refractivity (Wildman–Crippen MR) is 114 cm³/mol. The number of nitrogens with zero attached hydrogens (tertiary/aromatic N) is 3. The molecule has 1 fully saturated rings. The lowest BCUT2D eigenvalue weighted by atomic mass is 9.88.